The minimum Gasteiger partial charge on any atom is -0.378 e. The Morgan fingerprint density at radius 2 is 2.17 bits per heavy atom. The van der Waals surface area contributed by atoms with Crippen LogP contribution in [0.15, 0.2) is 17.5 Å². The van der Waals surface area contributed by atoms with E-state index in [0.29, 0.717) is 6.10 Å². The molecule has 4 nitrogen and oxygen atoms in total. The van der Waals surface area contributed by atoms with Gasteiger partial charge in [-0.2, -0.15) is 0 Å². The normalized spacial score (nSPS) is 27.3. The summed E-state index contributed by atoms with van der Waals surface area (Å²) in [7, 11) is 0. The van der Waals surface area contributed by atoms with Crippen molar-refractivity contribution in [3.8, 4) is 0 Å². The van der Waals surface area contributed by atoms with Crippen LogP contribution in [-0.2, 0) is 9.47 Å². The van der Waals surface area contributed by atoms with Gasteiger partial charge in [-0.15, -0.1) is 11.3 Å². The molecule has 0 bridgehead atoms. The van der Waals surface area contributed by atoms with Crippen molar-refractivity contribution in [3.05, 3.63) is 22.4 Å². The predicted octanol–water partition coefficient (Wildman–Crippen LogP) is 3.33. The summed E-state index contributed by atoms with van der Waals surface area (Å²) in [5, 5.41) is 1.96. The molecular weight excluding hydrogens is 310 g/mol. The van der Waals surface area contributed by atoms with Crippen molar-refractivity contribution in [1.82, 2.24) is 4.90 Å². The van der Waals surface area contributed by atoms with Crippen LogP contribution in [0.2, 0.25) is 0 Å². The molecule has 0 N–H and O–H groups in total. The molecule has 1 aromatic heterocycles. The zero-order chi connectivity index (χ0) is 15.7. The predicted molar refractivity (Wildman–Crippen MR) is 89.8 cm³/mol. The maximum absolute atomic E-state index is 12.5. The van der Waals surface area contributed by atoms with E-state index in [1.165, 1.54) is 24.2 Å². The van der Waals surface area contributed by atoms with Crippen molar-refractivity contribution in [2.24, 2.45) is 5.92 Å². The first-order chi connectivity index (χ1) is 11.2. The fraction of sp³-hybridized carbons (Fsp3) is 0.722. The zero-order valence-electron chi connectivity index (χ0n) is 13.5. The van der Waals surface area contributed by atoms with Gasteiger partial charge in [0.1, 0.15) is 0 Å². The van der Waals surface area contributed by atoms with Crippen LogP contribution in [0.1, 0.15) is 48.2 Å². The number of rotatable bonds is 4. The number of carbonyl (C=O) groups excluding carboxylic acids is 1. The molecule has 3 aliphatic rings. The smallest absolute Gasteiger partial charge is 0.263 e. The van der Waals surface area contributed by atoms with E-state index in [4.69, 9.17) is 9.47 Å². The molecule has 0 aromatic carbocycles. The molecule has 1 aromatic rings. The van der Waals surface area contributed by atoms with Crippen LogP contribution in [0.3, 0.4) is 0 Å². The first-order valence-corrected chi connectivity index (χ1v) is 9.70. The highest BCUT2D eigenvalue weighted by molar-refractivity contribution is 7.12. The molecule has 126 valence electrons. The lowest BCUT2D eigenvalue weighted by Gasteiger charge is -2.46. The number of hydrogen-bond acceptors (Lipinski definition) is 4. The number of amides is 1. The Labute approximate surface area is 141 Å². The van der Waals surface area contributed by atoms with Crippen molar-refractivity contribution in [2.75, 3.05) is 26.3 Å². The van der Waals surface area contributed by atoms with Crippen LogP contribution in [0.5, 0.6) is 0 Å². The molecule has 2 aliphatic heterocycles. The summed E-state index contributed by atoms with van der Waals surface area (Å²) < 4.78 is 12.3. The Kier molecular flexibility index (Phi) is 4.43. The van der Waals surface area contributed by atoms with E-state index in [0.717, 1.165) is 62.8 Å². The largest absolute Gasteiger partial charge is 0.378 e. The molecule has 5 heteroatoms. The van der Waals surface area contributed by atoms with Gasteiger partial charge < -0.3 is 14.4 Å². The van der Waals surface area contributed by atoms with Gasteiger partial charge in [-0.05, 0) is 49.5 Å². The SMILES string of the molecule is O=C(c1cccs1)N1CCC2(CC1)CC(OCC1CC1)CCO2. The van der Waals surface area contributed by atoms with Crippen LogP contribution in [-0.4, -0.2) is 48.8 Å². The van der Waals surface area contributed by atoms with E-state index < -0.39 is 0 Å². The third-order valence-corrected chi connectivity index (χ3v) is 6.26. The number of likely N-dealkylation sites (tertiary alicyclic amines) is 1. The number of piperidine rings is 1. The highest BCUT2D eigenvalue weighted by Crippen LogP contribution is 2.37. The van der Waals surface area contributed by atoms with E-state index in [2.05, 4.69) is 0 Å². The highest BCUT2D eigenvalue weighted by atomic mass is 32.1. The molecule has 1 amide bonds. The minimum atomic E-state index is -0.0568. The second-order valence-electron chi connectivity index (χ2n) is 7.19. The van der Waals surface area contributed by atoms with Crippen molar-refractivity contribution in [2.45, 2.75) is 50.2 Å². The number of carbonyl (C=O) groups is 1. The fourth-order valence-corrected chi connectivity index (χ4v) is 4.39. The number of hydrogen-bond donors (Lipinski definition) is 0. The summed E-state index contributed by atoms with van der Waals surface area (Å²) in [4.78, 5) is 15.3. The lowest BCUT2D eigenvalue weighted by atomic mass is 9.83. The molecule has 23 heavy (non-hydrogen) atoms. The Bertz CT molecular complexity index is 532. The van der Waals surface area contributed by atoms with Gasteiger partial charge >= 0.3 is 0 Å². The maximum atomic E-state index is 12.5. The van der Waals surface area contributed by atoms with Gasteiger partial charge in [-0.1, -0.05) is 6.07 Å². The lowest BCUT2D eigenvalue weighted by molar-refractivity contribution is -0.153. The number of thiophene rings is 1. The van der Waals surface area contributed by atoms with E-state index in [1.54, 1.807) is 0 Å². The summed E-state index contributed by atoms with van der Waals surface area (Å²) in [5.41, 5.74) is -0.0568. The molecule has 1 saturated carbocycles. The van der Waals surface area contributed by atoms with E-state index in [9.17, 15) is 4.79 Å². The molecule has 0 radical (unpaired) electrons. The van der Waals surface area contributed by atoms with Crippen molar-refractivity contribution >= 4 is 17.2 Å². The average Bonchev–Trinajstić information content (AvgIpc) is 3.25. The first-order valence-electron chi connectivity index (χ1n) is 8.82. The molecule has 1 unspecified atom stereocenters. The summed E-state index contributed by atoms with van der Waals surface area (Å²) in [5.74, 6) is 0.992. The quantitative estimate of drug-likeness (QED) is 0.847. The molecule has 3 heterocycles. The van der Waals surface area contributed by atoms with Crippen molar-refractivity contribution < 1.29 is 14.3 Å². The van der Waals surface area contributed by atoms with Crippen molar-refractivity contribution in [1.29, 1.82) is 0 Å². The van der Waals surface area contributed by atoms with Gasteiger partial charge in [0.15, 0.2) is 0 Å². The van der Waals surface area contributed by atoms with E-state index in [-0.39, 0.29) is 11.5 Å². The molecule has 1 atom stereocenters. The highest BCUT2D eigenvalue weighted by Gasteiger charge is 2.42. The van der Waals surface area contributed by atoms with Gasteiger partial charge in [0.25, 0.3) is 5.91 Å². The van der Waals surface area contributed by atoms with Crippen LogP contribution in [0, 0.1) is 5.92 Å². The van der Waals surface area contributed by atoms with Crippen LogP contribution < -0.4 is 0 Å². The fourth-order valence-electron chi connectivity index (χ4n) is 3.70. The third-order valence-electron chi connectivity index (χ3n) is 5.41. The molecule has 4 rings (SSSR count). The lowest BCUT2D eigenvalue weighted by Crippen LogP contribution is -2.52. The summed E-state index contributed by atoms with van der Waals surface area (Å²) >= 11 is 1.52. The van der Waals surface area contributed by atoms with Crippen molar-refractivity contribution in [3.63, 3.8) is 0 Å². The van der Waals surface area contributed by atoms with Crippen LogP contribution in [0.25, 0.3) is 0 Å². The third kappa shape index (κ3) is 3.62. The Morgan fingerprint density at radius 1 is 1.35 bits per heavy atom. The molecule has 2 saturated heterocycles. The first kappa shape index (κ1) is 15.6. The van der Waals surface area contributed by atoms with Gasteiger partial charge in [-0.25, -0.2) is 0 Å². The summed E-state index contributed by atoms with van der Waals surface area (Å²) in [6, 6.07) is 3.85. The summed E-state index contributed by atoms with van der Waals surface area (Å²) in [6.45, 7) is 3.33. The Morgan fingerprint density at radius 3 is 2.87 bits per heavy atom. The zero-order valence-corrected chi connectivity index (χ0v) is 14.4. The van der Waals surface area contributed by atoms with E-state index in [1.807, 2.05) is 22.4 Å². The Hall–Kier alpha value is -0.910. The topological polar surface area (TPSA) is 38.8 Å². The standard InChI is InChI=1S/C18H25NO3S/c20-17(16-2-1-11-23-16)19-8-6-18(7-9-19)12-15(5-10-22-18)21-13-14-3-4-14/h1-2,11,14-15H,3-10,12-13H2. The molecular formula is C18H25NO3S. The number of nitrogens with zero attached hydrogens (tertiary/aromatic N) is 1. The van der Waals surface area contributed by atoms with E-state index >= 15 is 0 Å². The second kappa shape index (κ2) is 6.54. The molecule has 1 aliphatic carbocycles. The van der Waals surface area contributed by atoms with Gasteiger partial charge in [0.2, 0.25) is 0 Å². The van der Waals surface area contributed by atoms with Crippen LogP contribution in [0.4, 0.5) is 0 Å². The maximum Gasteiger partial charge on any atom is 0.263 e. The van der Waals surface area contributed by atoms with Crippen LogP contribution >= 0.6 is 11.3 Å². The minimum absolute atomic E-state index is 0.0568. The van der Waals surface area contributed by atoms with Gasteiger partial charge in [-0.3, -0.25) is 4.79 Å². The summed E-state index contributed by atoms with van der Waals surface area (Å²) in [6.07, 6.45) is 6.93. The second-order valence-corrected chi connectivity index (χ2v) is 8.14. The van der Waals surface area contributed by atoms with Gasteiger partial charge in [0.05, 0.1) is 16.6 Å². The van der Waals surface area contributed by atoms with Gasteiger partial charge in [0, 0.05) is 32.7 Å². The Balaban J connectivity index is 1.31. The monoisotopic (exact) mass is 335 g/mol. The average molecular weight is 335 g/mol. The molecule has 1 spiro atoms. The molecule has 3 fully saturated rings. The number of ether oxygens (including phenoxy) is 2.